The van der Waals surface area contributed by atoms with E-state index in [0.717, 1.165) is 23.3 Å². The van der Waals surface area contributed by atoms with Gasteiger partial charge in [-0.1, -0.05) is 0 Å². The molecule has 1 unspecified atom stereocenters. The topological polar surface area (TPSA) is 9.23 Å². The first kappa shape index (κ1) is 9.96. The molecule has 9 heavy (non-hydrogen) atoms. The third kappa shape index (κ3) is 3.61. The Hall–Kier alpha value is 0.956. The van der Waals surface area contributed by atoms with Gasteiger partial charge < -0.3 is 4.74 Å². The van der Waals surface area contributed by atoms with Crippen LogP contribution in [0.1, 0.15) is 19.3 Å². The zero-order valence-electron chi connectivity index (χ0n) is 5.81. The van der Waals surface area contributed by atoms with Gasteiger partial charge in [0, 0.05) is 43.7 Å². The molecule has 1 nitrogen and oxygen atoms in total. The second kappa shape index (κ2) is 3.97. The van der Waals surface area contributed by atoms with Crippen LogP contribution in [0, 0.1) is 0 Å². The van der Waals surface area contributed by atoms with E-state index >= 15 is 0 Å². The fourth-order valence-corrected chi connectivity index (χ4v) is 1.51. The van der Waals surface area contributed by atoms with Gasteiger partial charge >= 0.3 is 0 Å². The van der Waals surface area contributed by atoms with Gasteiger partial charge in [0.05, 0.1) is 0 Å². The number of hydrogen-bond acceptors (Lipinski definition) is 1. The molecule has 2 radical (unpaired) electrons. The number of hydrogen-bond donors (Lipinski definition) is 0. The second-order valence-corrected chi connectivity index (χ2v) is 4.31. The molecule has 4 heteroatoms. The van der Waals surface area contributed by atoms with Crippen molar-refractivity contribution in [2.45, 2.75) is 24.4 Å². The van der Waals surface area contributed by atoms with Crippen LogP contribution >= 0.6 is 0 Å². The van der Waals surface area contributed by atoms with Crippen molar-refractivity contribution >= 4 is 18.1 Å². The molecule has 0 aromatic carbocycles. The Kier molecular flexibility index (Phi) is 4.39. The molecule has 1 rings (SSSR count). The van der Waals surface area contributed by atoms with Gasteiger partial charge in [0.1, 0.15) is 7.85 Å². The second-order valence-electron chi connectivity index (χ2n) is 2.62. The van der Waals surface area contributed by atoms with Crippen LogP contribution in [0.2, 0.25) is 0 Å². The summed E-state index contributed by atoms with van der Waals surface area (Å²) in [5.41, 5.74) is 0. The van der Waals surface area contributed by atoms with Crippen LogP contribution in [0.25, 0.3) is 0 Å². The maximum absolute atomic E-state index is 5.72. The molecule has 0 amide bonds. The molecule has 0 aromatic heterocycles. The normalized spacial score (nSPS) is 35.6. The quantitative estimate of drug-likeness (QED) is 0.444. The molecule has 0 N–H and O–H groups in total. The van der Waals surface area contributed by atoms with Crippen molar-refractivity contribution < 1.29 is 26.5 Å². The fourth-order valence-electron chi connectivity index (χ4n) is 0.956. The van der Waals surface area contributed by atoms with Crippen LogP contribution in [0.3, 0.4) is 0 Å². The Morgan fingerprint density at radius 1 is 1.44 bits per heavy atom. The van der Waals surface area contributed by atoms with Crippen molar-refractivity contribution in [1.29, 1.82) is 0 Å². The average molecular weight is 174 g/mol. The smallest absolute Gasteiger partial charge is 0.107 e. The van der Waals surface area contributed by atoms with Gasteiger partial charge in [-0.3, -0.25) is 0 Å². The SMILES string of the molecule is [B]C1([SiH3])CCCCO1.[Ti]. The first-order chi connectivity index (χ1) is 3.71. The van der Waals surface area contributed by atoms with E-state index in [9.17, 15) is 0 Å². The van der Waals surface area contributed by atoms with E-state index in [-0.39, 0.29) is 26.8 Å². The van der Waals surface area contributed by atoms with Crippen LogP contribution in [0.4, 0.5) is 0 Å². The van der Waals surface area contributed by atoms with E-state index in [1.54, 1.807) is 0 Å². The summed E-state index contributed by atoms with van der Waals surface area (Å²) < 4.78 is 5.30. The van der Waals surface area contributed by atoms with E-state index < -0.39 is 0 Å². The number of ether oxygens (including phenoxy) is 1. The van der Waals surface area contributed by atoms with Gasteiger partial charge in [0.25, 0.3) is 0 Å². The fraction of sp³-hybridized carbons (Fsp3) is 1.00. The van der Waals surface area contributed by atoms with Crippen molar-refractivity contribution in [2.24, 2.45) is 0 Å². The summed E-state index contributed by atoms with van der Waals surface area (Å²) in [5, 5.41) is -0.182. The van der Waals surface area contributed by atoms with E-state index in [1.165, 1.54) is 12.8 Å². The predicted molar refractivity (Wildman–Crippen MR) is 38.2 cm³/mol. The van der Waals surface area contributed by atoms with Gasteiger partial charge in [-0.2, -0.15) is 0 Å². The molecule has 1 heterocycles. The zero-order valence-corrected chi connectivity index (χ0v) is 9.38. The van der Waals surface area contributed by atoms with Crippen molar-refractivity contribution in [1.82, 2.24) is 0 Å². The first-order valence-corrected chi connectivity index (χ1v) is 4.14. The van der Waals surface area contributed by atoms with Crippen molar-refractivity contribution in [3.8, 4) is 0 Å². The molecule has 0 aromatic rings. The summed E-state index contributed by atoms with van der Waals surface area (Å²) in [5.74, 6) is 0. The third-order valence-corrected chi connectivity index (χ3v) is 2.29. The minimum absolute atomic E-state index is 0. The molecule has 1 fully saturated rings. The summed E-state index contributed by atoms with van der Waals surface area (Å²) in [6.45, 7) is 0.875. The van der Waals surface area contributed by atoms with E-state index in [4.69, 9.17) is 12.6 Å². The minimum atomic E-state index is -0.182. The summed E-state index contributed by atoms with van der Waals surface area (Å²) in [4.78, 5) is 0. The van der Waals surface area contributed by atoms with Crippen LogP contribution in [0.5, 0.6) is 0 Å². The molecule has 0 saturated carbocycles. The standard InChI is InChI=1S/C5H11BOSi.Ti/c6-5(8)3-1-2-4-7-5;/h1-4H2,8H3;. The van der Waals surface area contributed by atoms with Crippen LogP contribution < -0.4 is 0 Å². The molecular formula is C5H11BOSiTi. The molecular weight excluding hydrogens is 163 g/mol. The first-order valence-electron chi connectivity index (χ1n) is 3.14. The molecule has 1 saturated heterocycles. The Bertz CT molecular complexity index is 81.0. The van der Waals surface area contributed by atoms with Crippen LogP contribution in [0.15, 0.2) is 0 Å². The third-order valence-electron chi connectivity index (χ3n) is 1.50. The Morgan fingerprint density at radius 3 is 2.33 bits per heavy atom. The molecule has 0 bridgehead atoms. The van der Waals surface area contributed by atoms with Crippen molar-refractivity contribution in [2.75, 3.05) is 6.61 Å². The molecule has 1 aliphatic rings. The summed E-state index contributed by atoms with van der Waals surface area (Å²) >= 11 is 0. The van der Waals surface area contributed by atoms with Crippen molar-refractivity contribution in [3.05, 3.63) is 0 Å². The van der Waals surface area contributed by atoms with E-state index in [2.05, 4.69) is 0 Å². The molecule has 0 spiro atoms. The maximum Gasteiger partial charge on any atom is 0.107 e. The monoisotopic (exact) mass is 174 g/mol. The molecule has 1 aliphatic heterocycles. The van der Waals surface area contributed by atoms with Gasteiger partial charge in [0.15, 0.2) is 0 Å². The Balaban J connectivity index is 0.000000640. The summed E-state index contributed by atoms with van der Waals surface area (Å²) in [7, 11) is 6.68. The molecule has 1 atom stereocenters. The molecule has 0 aliphatic carbocycles. The van der Waals surface area contributed by atoms with Gasteiger partial charge in [-0.25, -0.2) is 0 Å². The number of rotatable bonds is 0. The van der Waals surface area contributed by atoms with Crippen LogP contribution in [-0.2, 0) is 26.5 Å². The summed E-state index contributed by atoms with van der Waals surface area (Å²) in [6.07, 6.45) is 3.51. The van der Waals surface area contributed by atoms with Gasteiger partial charge in [-0.05, 0) is 19.3 Å². The van der Waals surface area contributed by atoms with Crippen LogP contribution in [-0.4, -0.2) is 29.8 Å². The predicted octanol–water partition coefficient (Wildman–Crippen LogP) is -0.628. The van der Waals surface area contributed by atoms with E-state index in [1.807, 2.05) is 0 Å². The maximum atomic E-state index is 5.72. The zero-order chi connectivity index (χ0) is 6.04. The Labute approximate surface area is 75.6 Å². The molecule has 48 valence electrons. The Morgan fingerprint density at radius 2 is 2.11 bits per heavy atom. The van der Waals surface area contributed by atoms with Gasteiger partial charge in [-0.15, -0.1) is 0 Å². The largest absolute Gasteiger partial charge is 0.389 e. The average Bonchev–Trinajstić information content (AvgIpc) is 1.65. The van der Waals surface area contributed by atoms with Crippen molar-refractivity contribution in [3.63, 3.8) is 0 Å². The van der Waals surface area contributed by atoms with E-state index in [0.29, 0.717) is 0 Å². The minimum Gasteiger partial charge on any atom is -0.389 e. The summed E-state index contributed by atoms with van der Waals surface area (Å²) in [6, 6.07) is 0. The van der Waals surface area contributed by atoms with Gasteiger partial charge in [0.2, 0.25) is 0 Å².